The van der Waals surface area contributed by atoms with Crippen LogP contribution < -0.4 is 10.6 Å². The third-order valence-corrected chi connectivity index (χ3v) is 6.16. The molecule has 0 aliphatic carbocycles. The van der Waals surface area contributed by atoms with Gasteiger partial charge in [-0.2, -0.15) is 39.5 Å². The first-order valence-electron chi connectivity index (χ1n) is 10.6. The van der Waals surface area contributed by atoms with Crippen LogP contribution in [0.25, 0.3) is 5.83 Å². The molecule has 2 rings (SSSR count). The Bertz CT molecular complexity index is 1280. The lowest BCUT2D eigenvalue weighted by Gasteiger charge is -2.20. The second-order valence-electron chi connectivity index (χ2n) is 8.15. The number of alkyl halides is 9. The fraction of sp³-hybridized carbons (Fsp3) is 0.304. The number of amides is 2. The van der Waals surface area contributed by atoms with Crippen LogP contribution in [0, 0.1) is 0 Å². The van der Waals surface area contributed by atoms with Crippen LogP contribution in [0.5, 0.6) is 0 Å². The molecular formula is C23H15Cl3F10N2O2. The van der Waals surface area contributed by atoms with E-state index >= 15 is 0 Å². The van der Waals surface area contributed by atoms with Crippen molar-refractivity contribution in [3.8, 4) is 0 Å². The summed E-state index contributed by atoms with van der Waals surface area (Å²) < 4.78 is 134. The molecule has 40 heavy (non-hydrogen) atoms. The molecule has 0 fully saturated rings. The van der Waals surface area contributed by atoms with E-state index in [1.165, 1.54) is 0 Å². The maximum Gasteiger partial charge on any atom is 0.417 e. The zero-order valence-corrected chi connectivity index (χ0v) is 21.8. The molecule has 2 N–H and O–H groups in total. The Morgan fingerprint density at radius 1 is 0.900 bits per heavy atom. The Morgan fingerprint density at radius 2 is 1.45 bits per heavy atom. The van der Waals surface area contributed by atoms with Crippen LogP contribution in [-0.2, 0) is 11.0 Å². The van der Waals surface area contributed by atoms with Gasteiger partial charge in [0.25, 0.3) is 5.91 Å². The maximum absolute atomic E-state index is 14.9. The van der Waals surface area contributed by atoms with E-state index in [0.717, 1.165) is 19.1 Å². The van der Waals surface area contributed by atoms with Crippen LogP contribution in [0.3, 0.4) is 0 Å². The minimum Gasteiger partial charge on any atom is -0.336 e. The van der Waals surface area contributed by atoms with Gasteiger partial charge < -0.3 is 10.6 Å². The summed E-state index contributed by atoms with van der Waals surface area (Å²) in [5.41, 5.74) is -4.59. The number of carbonyl (C=O) groups is 2. The summed E-state index contributed by atoms with van der Waals surface area (Å²) in [5.74, 6) is -7.59. The lowest BCUT2D eigenvalue weighted by molar-refractivity contribution is -0.154. The minimum atomic E-state index is -5.33. The number of carbonyl (C=O) groups excluding carboxylic acids is 2. The van der Waals surface area contributed by atoms with Gasteiger partial charge in [-0.1, -0.05) is 40.9 Å². The van der Waals surface area contributed by atoms with Gasteiger partial charge in [-0.15, -0.1) is 0 Å². The minimum absolute atomic E-state index is 0.0244. The van der Waals surface area contributed by atoms with Crippen molar-refractivity contribution in [1.82, 2.24) is 10.6 Å². The summed E-state index contributed by atoms with van der Waals surface area (Å²) in [6.45, 7) is 0.961. The Labute approximate surface area is 234 Å². The van der Waals surface area contributed by atoms with Gasteiger partial charge in [0.1, 0.15) is 18.2 Å². The molecule has 17 heteroatoms. The molecule has 0 aliphatic heterocycles. The molecule has 2 atom stereocenters. The number of rotatable bonds is 7. The van der Waals surface area contributed by atoms with Gasteiger partial charge in [0.2, 0.25) is 5.91 Å². The Hall–Kier alpha value is -2.71. The zero-order chi connectivity index (χ0) is 30.8. The molecule has 2 unspecified atom stereocenters. The van der Waals surface area contributed by atoms with Crippen molar-refractivity contribution in [3.05, 3.63) is 73.7 Å². The highest BCUT2D eigenvalue weighted by molar-refractivity contribution is 6.48. The van der Waals surface area contributed by atoms with Gasteiger partial charge in [-0.05, 0) is 42.8 Å². The van der Waals surface area contributed by atoms with Crippen molar-refractivity contribution in [3.63, 3.8) is 0 Å². The lowest BCUT2D eigenvalue weighted by atomic mass is 9.95. The average molecular weight is 648 g/mol. The number of halogens is 13. The largest absolute Gasteiger partial charge is 0.417 e. The molecule has 0 heterocycles. The van der Waals surface area contributed by atoms with Crippen molar-refractivity contribution < 1.29 is 53.5 Å². The van der Waals surface area contributed by atoms with E-state index in [-0.39, 0.29) is 17.2 Å². The molecule has 0 saturated carbocycles. The number of hydrogen-bond acceptors (Lipinski definition) is 2. The van der Waals surface area contributed by atoms with Crippen molar-refractivity contribution in [2.45, 2.75) is 44.0 Å². The summed E-state index contributed by atoms with van der Waals surface area (Å²) >= 11 is 17.2. The molecule has 2 amide bonds. The maximum atomic E-state index is 14.9. The van der Waals surface area contributed by atoms with Gasteiger partial charge in [0, 0.05) is 5.56 Å². The van der Waals surface area contributed by atoms with E-state index in [2.05, 4.69) is 0 Å². The molecule has 2 aromatic carbocycles. The number of benzene rings is 2. The highest BCUT2D eigenvalue weighted by atomic mass is 35.5. The predicted molar refractivity (Wildman–Crippen MR) is 127 cm³/mol. The molecule has 220 valence electrons. The first-order chi connectivity index (χ1) is 18.1. The van der Waals surface area contributed by atoms with Crippen molar-refractivity contribution in [2.75, 3.05) is 0 Å². The van der Waals surface area contributed by atoms with Crippen LogP contribution in [0.4, 0.5) is 43.9 Å². The second-order valence-corrected chi connectivity index (χ2v) is 9.34. The zero-order valence-electron chi connectivity index (χ0n) is 19.6. The normalized spacial score (nSPS) is 14.5. The predicted octanol–water partition coefficient (Wildman–Crippen LogP) is 8.47. The molecule has 0 bridgehead atoms. The summed E-state index contributed by atoms with van der Waals surface area (Å²) in [5, 5.41) is 2.47. The third-order valence-electron chi connectivity index (χ3n) is 4.96. The smallest absolute Gasteiger partial charge is 0.336 e. The van der Waals surface area contributed by atoms with E-state index in [9.17, 15) is 53.5 Å². The summed E-state index contributed by atoms with van der Waals surface area (Å²) in [6, 6.07) is 2.60. The molecule has 0 aromatic heterocycles. The van der Waals surface area contributed by atoms with E-state index in [0.29, 0.717) is 12.1 Å². The van der Waals surface area contributed by atoms with Crippen molar-refractivity contribution >= 4 is 52.4 Å². The highest BCUT2D eigenvalue weighted by Gasteiger charge is 2.41. The van der Waals surface area contributed by atoms with Gasteiger partial charge in [-0.3, -0.25) is 9.59 Å². The van der Waals surface area contributed by atoms with E-state index in [4.69, 9.17) is 34.8 Å². The van der Waals surface area contributed by atoms with Crippen molar-refractivity contribution in [2.24, 2.45) is 0 Å². The molecule has 0 spiro atoms. The van der Waals surface area contributed by atoms with E-state index in [1.807, 2.05) is 5.32 Å². The molecule has 2 aromatic rings. The van der Waals surface area contributed by atoms with Crippen LogP contribution in [0.15, 0.2) is 36.4 Å². The second kappa shape index (κ2) is 12.4. The van der Waals surface area contributed by atoms with Crippen molar-refractivity contribution in [1.29, 1.82) is 0 Å². The standard InChI is InChI=1S/C23H15Cl3F10N2O2/c1-9(37-18(39)8-21(28,29)30)38-20(40)12-3-2-10(4-14(12)23(34,35)36)17(27)7-13(22(31,32)33)11-5-15(24)19(26)16(25)6-11/h2-7,9,13H,8H2,1H3,(H,37,39)(H,38,40)/b17-7-. The lowest BCUT2D eigenvalue weighted by Crippen LogP contribution is -2.47. The first kappa shape index (κ1) is 33.5. The van der Waals surface area contributed by atoms with E-state index in [1.54, 1.807) is 5.32 Å². The molecule has 0 radical (unpaired) electrons. The Morgan fingerprint density at radius 3 is 1.93 bits per heavy atom. The fourth-order valence-electron chi connectivity index (χ4n) is 3.29. The highest BCUT2D eigenvalue weighted by Crippen LogP contribution is 2.42. The monoisotopic (exact) mass is 646 g/mol. The molecular weight excluding hydrogens is 633 g/mol. The Balaban J connectivity index is 2.44. The average Bonchev–Trinajstić information content (AvgIpc) is 2.77. The van der Waals surface area contributed by atoms with Gasteiger partial charge in [0.15, 0.2) is 0 Å². The summed E-state index contributed by atoms with van der Waals surface area (Å²) in [6.07, 6.45) is -18.9. The molecule has 4 nitrogen and oxygen atoms in total. The Kier molecular flexibility index (Phi) is 10.4. The van der Waals surface area contributed by atoms with Crippen LogP contribution in [0.1, 0.15) is 46.3 Å². The van der Waals surface area contributed by atoms with Crippen LogP contribution in [0.2, 0.25) is 15.1 Å². The quantitative estimate of drug-likeness (QED) is 0.180. The first-order valence-corrected chi connectivity index (χ1v) is 11.7. The third kappa shape index (κ3) is 9.16. The summed E-state index contributed by atoms with van der Waals surface area (Å²) in [7, 11) is 0. The number of allylic oxidation sites excluding steroid dienone is 1. The van der Waals surface area contributed by atoms with E-state index < -0.39 is 87.0 Å². The number of hydrogen-bond donors (Lipinski definition) is 2. The summed E-state index contributed by atoms with van der Waals surface area (Å²) in [4.78, 5) is 23.7. The van der Waals surface area contributed by atoms with Crippen LogP contribution >= 0.6 is 34.8 Å². The van der Waals surface area contributed by atoms with Gasteiger partial charge in [-0.25, -0.2) is 4.39 Å². The number of nitrogens with one attached hydrogen (secondary N) is 2. The molecule has 0 aliphatic rings. The van der Waals surface area contributed by atoms with Gasteiger partial charge in [0.05, 0.1) is 32.4 Å². The topological polar surface area (TPSA) is 58.2 Å². The SMILES string of the molecule is CC(NC(=O)CC(F)(F)F)NC(=O)c1ccc(/C(F)=C/C(c2cc(Cl)c(Cl)c(Cl)c2)C(F)(F)F)cc1C(F)(F)F. The molecule has 0 saturated heterocycles. The van der Waals surface area contributed by atoms with Crippen LogP contribution in [-0.4, -0.2) is 30.3 Å². The van der Waals surface area contributed by atoms with Gasteiger partial charge >= 0.3 is 18.5 Å². The fourth-order valence-corrected chi connectivity index (χ4v) is 3.90.